The summed E-state index contributed by atoms with van der Waals surface area (Å²) < 4.78 is 0. The van der Waals surface area contributed by atoms with Crippen LogP contribution >= 0.6 is 0 Å². The molecule has 0 saturated heterocycles. The maximum atomic E-state index is 6.94. The second kappa shape index (κ2) is 2.64. The Bertz CT molecular complexity index is 130. The van der Waals surface area contributed by atoms with E-state index in [4.69, 9.17) is 5.41 Å². The largest absolute Gasteiger partial charge is 0.338 e. The van der Waals surface area contributed by atoms with E-state index >= 15 is 0 Å². The minimum absolute atomic E-state index is 0.271. The summed E-state index contributed by atoms with van der Waals surface area (Å²) >= 11 is 0. The molecule has 1 rings (SSSR count). The Balaban J connectivity index is 2.56. The van der Waals surface area contributed by atoms with Crippen molar-refractivity contribution in [2.45, 2.75) is 19.0 Å². The summed E-state index contributed by atoms with van der Waals surface area (Å²) in [6.45, 7) is 0. The Labute approximate surface area is 54.7 Å². The second-order valence-electron chi connectivity index (χ2n) is 2.19. The van der Waals surface area contributed by atoms with Crippen molar-refractivity contribution in [1.82, 2.24) is 4.90 Å². The van der Waals surface area contributed by atoms with Gasteiger partial charge < -0.3 is 5.73 Å². The van der Waals surface area contributed by atoms with Crippen molar-refractivity contribution in [2.24, 2.45) is 0 Å². The molecule has 0 aromatic rings. The van der Waals surface area contributed by atoms with Gasteiger partial charge in [0.2, 0.25) is 0 Å². The first-order valence-corrected chi connectivity index (χ1v) is 3.12. The smallest absolute Gasteiger partial charge is 0.164 e. The lowest BCUT2D eigenvalue weighted by atomic mass is 10.2. The number of quaternary nitrogens is 1. The van der Waals surface area contributed by atoms with E-state index in [-0.39, 0.29) is 6.17 Å². The number of allylic oxidation sites excluding steroid dienone is 1. The Kier molecular flexibility index (Phi) is 1.85. The first kappa shape index (κ1) is 6.29. The van der Waals surface area contributed by atoms with Crippen LogP contribution < -0.4 is 5.73 Å². The molecule has 0 aromatic heterocycles. The molecule has 0 radical (unpaired) electrons. The Hall–Kier alpha value is -0.830. The van der Waals surface area contributed by atoms with E-state index in [0.29, 0.717) is 0 Å². The van der Waals surface area contributed by atoms with Crippen LogP contribution in [0.2, 0.25) is 0 Å². The van der Waals surface area contributed by atoms with Crippen LogP contribution in [0.25, 0.3) is 0 Å². The van der Waals surface area contributed by atoms with Gasteiger partial charge >= 0.3 is 0 Å². The van der Waals surface area contributed by atoms with Crippen molar-refractivity contribution in [1.29, 1.82) is 5.41 Å². The molecule has 0 aliphatic carbocycles. The van der Waals surface area contributed by atoms with Crippen LogP contribution in [0.4, 0.5) is 0 Å². The van der Waals surface area contributed by atoms with Crippen LogP contribution in [-0.4, -0.2) is 17.4 Å². The lowest BCUT2D eigenvalue weighted by Crippen LogP contribution is -2.67. The molecule has 0 fully saturated rings. The molecule has 1 unspecified atom stereocenters. The highest BCUT2D eigenvalue weighted by Crippen LogP contribution is 2.05. The minimum Gasteiger partial charge on any atom is -0.338 e. The van der Waals surface area contributed by atoms with E-state index in [0.717, 1.165) is 12.8 Å². The van der Waals surface area contributed by atoms with Crippen LogP contribution in [0, 0.1) is 5.41 Å². The summed E-state index contributed by atoms with van der Waals surface area (Å²) in [6.07, 6.45) is 7.71. The van der Waals surface area contributed by atoms with Gasteiger partial charge in [0.15, 0.2) is 6.17 Å². The summed E-state index contributed by atoms with van der Waals surface area (Å²) in [5.41, 5.74) is 3.87. The van der Waals surface area contributed by atoms with Crippen molar-refractivity contribution < 1.29 is 5.73 Å². The van der Waals surface area contributed by atoms with Gasteiger partial charge in [-0.2, -0.15) is 0 Å². The topological polar surface area (TPSA) is 54.7 Å². The molecule has 0 bridgehead atoms. The molecule has 1 heterocycles. The summed E-state index contributed by atoms with van der Waals surface area (Å²) in [5, 5.41) is 6.94. The van der Waals surface area contributed by atoms with Crippen molar-refractivity contribution >= 4 is 6.34 Å². The number of nitrogens with one attached hydrogen (secondary N) is 1. The molecule has 1 atom stereocenters. The minimum atomic E-state index is 0.271. The van der Waals surface area contributed by atoms with Crippen LogP contribution in [0.15, 0.2) is 12.3 Å². The number of nitrogens with zero attached hydrogens (tertiary/aromatic N) is 1. The lowest BCUT2D eigenvalue weighted by molar-refractivity contribution is -0.446. The highest BCUT2D eigenvalue weighted by atomic mass is 15.2. The Morgan fingerprint density at radius 3 is 3.00 bits per heavy atom. The average Bonchev–Trinajstić information content (AvgIpc) is 1.89. The van der Waals surface area contributed by atoms with Gasteiger partial charge in [0.1, 0.15) is 0 Å². The van der Waals surface area contributed by atoms with Gasteiger partial charge in [-0.1, -0.05) is 6.08 Å². The van der Waals surface area contributed by atoms with Crippen LogP contribution in [0.3, 0.4) is 0 Å². The molecule has 4 N–H and O–H groups in total. The van der Waals surface area contributed by atoms with Gasteiger partial charge in [-0.3, -0.25) is 10.3 Å². The zero-order valence-corrected chi connectivity index (χ0v) is 5.38. The predicted molar refractivity (Wildman–Crippen MR) is 35.7 cm³/mol. The third-order valence-electron chi connectivity index (χ3n) is 1.51. The SMILES string of the molecule is N=CN1C=CCCC1[NH3+]. The molecule has 1 aliphatic rings. The second-order valence-corrected chi connectivity index (χ2v) is 2.19. The molecule has 9 heavy (non-hydrogen) atoms. The number of hydrogen-bond donors (Lipinski definition) is 2. The molecule has 3 nitrogen and oxygen atoms in total. The molecule has 0 aromatic carbocycles. The summed E-state index contributed by atoms with van der Waals surface area (Å²) in [7, 11) is 0. The highest BCUT2D eigenvalue weighted by Gasteiger charge is 2.13. The van der Waals surface area contributed by atoms with Gasteiger partial charge in [0, 0.05) is 12.6 Å². The zero-order valence-electron chi connectivity index (χ0n) is 5.38. The molecule has 0 spiro atoms. The number of hydrogen-bond acceptors (Lipinski definition) is 1. The van der Waals surface area contributed by atoms with E-state index in [1.54, 1.807) is 0 Å². The molecule has 1 aliphatic heterocycles. The van der Waals surface area contributed by atoms with E-state index in [2.05, 4.69) is 11.8 Å². The van der Waals surface area contributed by atoms with E-state index < -0.39 is 0 Å². The third kappa shape index (κ3) is 1.29. The Morgan fingerprint density at radius 1 is 1.78 bits per heavy atom. The van der Waals surface area contributed by atoms with Gasteiger partial charge in [-0.15, -0.1) is 0 Å². The zero-order chi connectivity index (χ0) is 6.69. The molecule has 3 heteroatoms. The van der Waals surface area contributed by atoms with Crippen molar-refractivity contribution in [3.05, 3.63) is 12.3 Å². The van der Waals surface area contributed by atoms with E-state index in [1.165, 1.54) is 6.34 Å². The summed E-state index contributed by atoms with van der Waals surface area (Å²) in [4.78, 5) is 1.81. The molecule has 0 amide bonds. The van der Waals surface area contributed by atoms with Crippen molar-refractivity contribution in [3.8, 4) is 0 Å². The normalized spacial score (nSPS) is 26.3. The molecule has 0 saturated carbocycles. The first-order chi connectivity index (χ1) is 4.34. The van der Waals surface area contributed by atoms with Crippen LogP contribution in [0.5, 0.6) is 0 Å². The monoisotopic (exact) mass is 126 g/mol. The lowest BCUT2D eigenvalue weighted by Gasteiger charge is -2.21. The van der Waals surface area contributed by atoms with Crippen LogP contribution in [0.1, 0.15) is 12.8 Å². The highest BCUT2D eigenvalue weighted by molar-refractivity contribution is 5.52. The fourth-order valence-corrected chi connectivity index (χ4v) is 0.904. The predicted octanol–water partition coefficient (Wildman–Crippen LogP) is -0.229. The van der Waals surface area contributed by atoms with E-state index in [9.17, 15) is 0 Å². The standard InChI is InChI=1S/C6H11N3/c7-5-9-4-2-1-3-6(9)8/h2,4-7H,1,3,8H2/p+1. The van der Waals surface area contributed by atoms with Gasteiger partial charge in [0.05, 0.1) is 6.34 Å². The summed E-state index contributed by atoms with van der Waals surface area (Å²) in [5.74, 6) is 0. The van der Waals surface area contributed by atoms with Gasteiger partial charge in [0.25, 0.3) is 0 Å². The Morgan fingerprint density at radius 2 is 2.56 bits per heavy atom. The maximum Gasteiger partial charge on any atom is 0.164 e. The van der Waals surface area contributed by atoms with Crippen molar-refractivity contribution in [3.63, 3.8) is 0 Å². The quantitative estimate of drug-likeness (QED) is 0.370. The van der Waals surface area contributed by atoms with Gasteiger partial charge in [-0.25, -0.2) is 0 Å². The first-order valence-electron chi connectivity index (χ1n) is 3.12. The van der Waals surface area contributed by atoms with E-state index in [1.807, 2.05) is 11.1 Å². The molecular formula is C6H12N3+. The summed E-state index contributed by atoms with van der Waals surface area (Å²) in [6, 6.07) is 0. The fraction of sp³-hybridized carbons (Fsp3) is 0.500. The molecular weight excluding hydrogens is 114 g/mol. The average molecular weight is 126 g/mol. The third-order valence-corrected chi connectivity index (χ3v) is 1.51. The van der Waals surface area contributed by atoms with Crippen LogP contribution in [-0.2, 0) is 0 Å². The number of rotatable bonds is 1. The maximum absolute atomic E-state index is 6.94. The fourth-order valence-electron chi connectivity index (χ4n) is 0.904. The van der Waals surface area contributed by atoms with Crippen molar-refractivity contribution in [2.75, 3.05) is 0 Å². The van der Waals surface area contributed by atoms with Gasteiger partial charge in [-0.05, 0) is 6.42 Å². The molecule has 50 valence electrons.